The zero-order valence-corrected chi connectivity index (χ0v) is 21.1. The van der Waals surface area contributed by atoms with Crippen LogP contribution in [0.1, 0.15) is 43.9 Å². The molecule has 0 fully saturated rings. The van der Waals surface area contributed by atoms with Gasteiger partial charge < -0.3 is 14.8 Å². The molecule has 6 nitrogen and oxygen atoms in total. The van der Waals surface area contributed by atoms with Crippen molar-refractivity contribution in [2.45, 2.75) is 32.7 Å². The number of halogens is 1. The smallest absolute Gasteiger partial charge is 0.294 e. The van der Waals surface area contributed by atoms with Crippen molar-refractivity contribution in [3.8, 4) is 11.5 Å². The highest BCUT2D eigenvalue weighted by Crippen LogP contribution is 2.35. The summed E-state index contributed by atoms with van der Waals surface area (Å²) in [5, 5.41) is 3.54. The van der Waals surface area contributed by atoms with E-state index in [4.69, 9.17) is 21.1 Å². The summed E-state index contributed by atoms with van der Waals surface area (Å²) < 4.78 is 11.6. The topological polar surface area (TPSA) is 67.9 Å². The van der Waals surface area contributed by atoms with Crippen LogP contribution in [0.5, 0.6) is 11.5 Å². The molecular formula is C29H29ClN2O4. The fraction of sp³-hybridized carbons (Fsp3) is 0.241. The van der Waals surface area contributed by atoms with Crippen LogP contribution in [0.25, 0.3) is 6.08 Å². The van der Waals surface area contributed by atoms with E-state index in [2.05, 4.69) is 12.2 Å². The van der Waals surface area contributed by atoms with Gasteiger partial charge in [0.1, 0.15) is 12.3 Å². The highest BCUT2D eigenvalue weighted by atomic mass is 35.5. The van der Waals surface area contributed by atoms with Crippen molar-refractivity contribution >= 4 is 35.2 Å². The fourth-order valence-corrected chi connectivity index (χ4v) is 4.07. The summed E-state index contributed by atoms with van der Waals surface area (Å²) in [6, 6.07) is 21.7. The minimum Gasteiger partial charge on any atom is -0.494 e. The Kier molecular flexibility index (Phi) is 8.28. The van der Waals surface area contributed by atoms with Crippen molar-refractivity contribution in [1.29, 1.82) is 0 Å². The van der Waals surface area contributed by atoms with Crippen LogP contribution >= 0.6 is 11.6 Å². The van der Waals surface area contributed by atoms with Crippen LogP contribution in [0.15, 0.2) is 78.6 Å². The number of benzene rings is 3. The maximum Gasteiger partial charge on any atom is 0.294 e. The van der Waals surface area contributed by atoms with E-state index in [0.717, 1.165) is 29.7 Å². The quantitative estimate of drug-likeness (QED) is 0.280. The van der Waals surface area contributed by atoms with Crippen molar-refractivity contribution in [3.63, 3.8) is 0 Å². The van der Waals surface area contributed by atoms with Gasteiger partial charge in [0.2, 0.25) is 5.91 Å². The van der Waals surface area contributed by atoms with Gasteiger partial charge in [0.05, 0.1) is 18.3 Å². The van der Waals surface area contributed by atoms with Gasteiger partial charge in [-0.3, -0.25) is 14.5 Å². The third kappa shape index (κ3) is 6.26. The zero-order valence-electron chi connectivity index (χ0n) is 20.4. The molecule has 1 atom stereocenters. The standard InChI is InChI=1S/C29H29ClN2O4/c1-3-4-16-35-24-14-12-22(13-15-24)20(2)31-28(33)19-32-25-10-5-6-11-26(25)36-27(29(32)34)18-21-8-7-9-23(30)17-21/h5-15,17-18,20H,3-4,16,19H2,1-2H3,(H,31,33). The predicted molar refractivity (Wildman–Crippen MR) is 142 cm³/mol. The summed E-state index contributed by atoms with van der Waals surface area (Å²) in [5.74, 6) is 0.753. The normalized spacial score (nSPS) is 14.7. The molecular weight excluding hydrogens is 476 g/mol. The molecule has 0 bridgehead atoms. The number of hydrogen-bond acceptors (Lipinski definition) is 4. The minimum atomic E-state index is -0.398. The number of anilines is 1. The number of carbonyl (C=O) groups excluding carboxylic acids is 2. The molecule has 0 spiro atoms. The van der Waals surface area contributed by atoms with Crippen molar-refractivity contribution in [2.75, 3.05) is 18.1 Å². The molecule has 2 amide bonds. The number of para-hydroxylation sites is 2. The average Bonchev–Trinajstić information content (AvgIpc) is 2.87. The van der Waals surface area contributed by atoms with Gasteiger partial charge in [-0.15, -0.1) is 0 Å². The molecule has 1 N–H and O–H groups in total. The number of ether oxygens (including phenoxy) is 2. The van der Waals surface area contributed by atoms with Gasteiger partial charge in [-0.2, -0.15) is 0 Å². The molecule has 1 unspecified atom stereocenters. The molecule has 3 aromatic carbocycles. The molecule has 0 saturated heterocycles. The van der Waals surface area contributed by atoms with Gasteiger partial charge in [-0.05, 0) is 66.9 Å². The van der Waals surface area contributed by atoms with E-state index in [0.29, 0.717) is 23.1 Å². The fourth-order valence-electron chi connectivity index (χ4n) is 3.87. The van der Waals surface area contributed by atoms with E-state index >= 15 is 0 Å². The summed E-state index contributed by atoms with van der Waals surface area (Å²) in [4.78, 5) is 27.7. The number of rotatable bonds is 9. The molecule has 1 heterocycles. The van der Waals surface area contributed by atoms with Gasteiger partial charge in [-0.1, -0.05) is 61.3 Å². The molecule has 1 aliphatic heterocycles. The van der Waals surface area contributed by atoms with Gasteiger partial charge >= 0.3 is 0 Å². The van der Waals surface area contributed by atoms with Crippen LogP contribution < -0.4 is 19.7 Å². The molecule has 0 aliphatic carbocycles. The molecule has 7 heteroatoms. The van der Waals surface area contributed by atoms with Gasteiger partial charge in [-0.25, -0.2) is 0 Å². The Balaban J connectivity index is 1.47. The van der Waals surface area contributed by atoms with Crippen LogP contribution in [0, 0.1) is 0 Å². The Morgan fingerprint density at radius 3 is 2.64 bits per heavy atom. The minimum absolute atomic E-state index is 0.121. The predicted octanol–water partition coefficient (Wildman–Crippen LogP) is 6.16. The Hall–Kier alpha value is -3.77. The summed E-state index contributed by atoms with van der Waals surface area (Å²) in [5.41, 5.74) is 2.22. The van der Waals surface area contributed by atoms with Crippen molar-refractivity contribution in [2.24, 2.45) is 0 Å². The Labute approximate surface area is 216 Å². The van der Waals surface area contributed by atoms with E-state index in [9.17, 15) is 9.59 Å². The Morgan fingerprint density at radius 2 is 1.89 bits per heavy atom. The second kappa shape index (κ2) is 11.8. The third-order valence-electron chi connectivity index (χ3n) is 5.80. The van der Waals surface area contributed by atoms with Crippen LogP contribution in [0.3, 0.4) is 0 Å². The first-order chi connectivity index (χ1) is 17.4. The SMILES string of the molecule is CCCCOc1ccc(C(C)NC(=O)CN2C(=O)C(=Cc3cccc(Cl)c3)Oc3ccccc32)cc1. The first-order valence-corrected chi connectivity index (χ1v) is 12.4. The highest BCUT2D eigenvalue weighted by Gasteiger charge is 2.31. The van der Waals surface area contributed by atoms with Crippen molar-refractivity contribution in [1.82, 2.24) is 5.32 Å². The summed E-state index contributed by atoms with van der Waals surface area (Å²) >= 11 is 6.09. The molecule has 0 saturated carbocycles. The lowest BCUT2D eigenvalue weighted by Gasteiger charge is -2.30. The molecule has 36 heavy (non-hydrogen) atoms. The molecule has 0 radical (unpaired) electrons. The number of nitrogens with one attached hydrogen (secondary N) is 1. The van der Waals surface area contributed by atoms with Crippen LogP contribution in [0.4, 0.5) is 5.69 Å². The Morgan fingerprint density at radius 1 is 1.11 bits per heavy atom. The number of fused-ring (bicyclic) bond motifs is 1. The van der Waals surface area contributed by atoms with Crippen molar-refractivity contribution < 1.29 is 19.1 Å². The third-order valence-corrected chi connectivity index (χ3v) is 6.04. The Bertz CT molecular complexity index is 1260. The highest BCUT2D eigenvalue weighted by molar-refractivity contribution is 6.30. The number of amides is 2. The number of carbonyl (C=O) groups is 2. The van der Waals surface area contributed by atoms with E-state index in [1.807, 2.05) is 43.3 Å². The average molecular weight is 505 g/mol. The number of unbranched alkanes of at least 4 members (excludes halogenated alkanes) is 1. The maximum absolute atomic E-state index is 13.3. The summed E-state index contributed by atoms with van der Waals surface area (Å²) in [7, 11) is 0. The molecule has 1 aliphatic rings. The van der Waals surface area contributed by atoms with Gasteiger partial charge in [0.15, 0.2) is 11.5 Å². The van der Waals surface area contributed by atoms with E-state index in [-0.39, 0.29) is 24.3 Å². The maximum atomic E-state index is 13.3. The molecule has 4 rings (SSSR count). The zero-order chi connectivity index (χ0) is 25.5. The summed E-state index contributed by atoms with van der Waals surface area (Å²) in [6.45, 7) is 4.57. The second-order valence-corrected chi connectivity index (χ2v) is 9.02. The van der Waals surface area contributed by atoms with E-state index in [1.165, 1.54) is 4.90 Å². The lowest BCUT2D eigenvalue weighted by molar-refractivity contribution is -0.123. The molecule has 3 aromatic rings. The van der Waals surface area contributed by atoms with Gasteiger partial charge in [0, 0.05) is 5.02 Å². The van der Waals surface area contributed by atoms with Crippen LogP contribution in [-0.4, -0.2) is 25.0 Å². The van der Waals surface area contributed by atoms with Crippen molar-refractivity contribution in [3.05, 3.63) is 94.7 Å². The lowest BCUT2D eigenvalue weighted by Crippen LogP contribution is -2.44. The lowest BCUT2D eigenvalue weighted by atomic mass is 10.1. The molecule has 186 valence electrons. The number of hydrogen-bond donors (Lipinski definition) is 1. The largest absolute Gasteiger partial charge is 0.494 e. The van der Waals surface area contributed by atoms with Crippen LogP contribution in [-0.2, 0) is 9.59 Å². The summed E-state index contributed by atoms with van der Waals surface area (Å²) in [6.07, 6.45) is 3.71. The molecule has 0 aromatic heterocycles. The van der Waals surface area contributed by atoms with E-state index < -0.39 is 5.91 Å². The number of nitrogens with zero attached hydrogens (tertiary/aromatic N) is 1. The first kappa shape index (κ1) is 25.3. The van der Waals surface area contributed by atoms with E-state index in [1.54, 1.807) is 42.5 Å². The first-order valence-electron chi connectivity index (χ1n) is 12.0. The second-order valence-electron chi connectivity index (χ2n) is 8.58. The monoisotopic (exact) mass is 504 g/mol. The van der Waals surface area contributed by atoms with Crippen LogP contribution in [0.2, 0.25) is 5.02 Å². The van der Waals surface area contributed by atoms with Gasteiger partial charge in [0.25, 0.3) is 5.91 Å².